The Morgan fingerprint density at radius 3 is 2.59 bits per heavy atom. The van der Waals surface area contributed by atoms with Crippen LogP contribution in [0.1, 0.15) is 76.3 Å². The van der Waals surface area contributed by atoms with Crippen molar-refractivity contribution >= 4 is 21.6 Å². The third kappa shape index (κ3) is 5.39. The summed E-state index contributed by atoms with van der Waals surface area (Å²) in [6.07, 6.45) is 10.4. The molecule has 32 heavy (non-hydrogen) atoms. The number of fused-ring (bicyclic) bond motifs is 1. The zero-order chi connectivity index (χ0) is 22.8. The van der Waals surface area contributed by atoms with Crippen LogP contribution in [0.4, 0.5) is 5.69 Å². The van der Waals surface area contributed by atoms with E-state index in [9.17, 15) is 13.2 Å². The van der Waals surface area contributed by atoms with Gasteiger partial charge in [0.2, 0.25) is 15.9 Å². The number of carbonyl (C=O) groups is 1. The van der Waals surface area contributed by atoms with E-state index in [1.165, 1.54) is 25.7 Å². The first kappa shape index (κ1) is 23.4. The van der Waals surface area contributed by atoms with Crippen LogP contribution in [0, 0.1) is 0 Å². The fourth-order valence-corrected chi connectivity index (χ4v) is 6.00. The van der Waals surface area contributed by atoms with Crippen molar-refractivity contribution in [3.05, 3.63) is 23.8 Å². The highest BCUT2D eigenvalue weighted by Gasteiger charge is 2.46. The third-order valence-corrected chi connectivity index (χ3v) is 7.75. The average Bonchev–Trinajstić information content (AvgIpc) is 3.17. The second-order valence-electron chi connectivity index (χ2n) is 9.72. The number of sulfonamides is 1. The Morgan fingerprint density at radius 2 is 1.94 bits per heavy atom. The smallest absolute Gasteiger partial charge is 0.229 e. The molecule has 1 N–H and O–H groups in total. The number of hydrogen-bond acceptors (Lipinski definition) is 5. The summed E-state index contributed by atoms with van der Waals surface area (Å²) in [5.41, 5.74) is 1.18. The molecule has 1 unspecified atom stereocenters. The Morgan fingerprint density at radius 1 is 1.16 bits per heavy atom. The Balaban J connectivity index is 1.53. The molecule has 2 fully saturated rings. The topological polar surface area (TPSA) is 79.0 Å². The zero-order valence-electron chi connectivity index (χ0n) is 19.4. The van der Waals surface area contributed by atoms with Gasteiger partial charge in [-0.05, 0) is 50.4 Å². The Kier molecular flexibility index (Phi) is 7.00. The second kappa shape index (κ2) is 9.59. The van der Waals surface area contributed by atoms with Gasteiger partial charge in [-0.25, -0.2) is 8.42 Å². The normalized spacial score (nSPS) is 23.2. The van der Waals surface area contributed by atoms with Gasteiger partial charge >= 0.3 is 0 Å². The molecule has 1 aromatic rings. The van der Waals surface area contributed by atoms with Crippen molar-refractivity contribution in [2.45, 2.75) is 76.4 Å². The molecule has 4 rings (SSSR count). The van der Waals surface area contributed by atoms with E-state index in [0.29, 0.717) is 12.1 Å². The van der Waals surface area contributed by atoms with Crippen LogP contribution in [0.3, 0.4) is 0 Å². The summed E-state index contributed by atoms with van der Waals surface area (Å²) in [4.78, 5) is 17.2. The third-order valence-electron chi connectivity index (χ3n) is 7.15. The lowest BCUT2D eigenvalue weighted by atomic mass is 9.80. The number of anilines is 1. The fraction of sp³-hybridized carbons (Fsp3) is 0.708. The standard InChI is InChI=1S/C24H37N3O4S/c1-3-4-5-6-13-26-15-11-24(12-16-26)18-21(27-14-7-8-23(27)28)20-17-19(25-32(2,29)30)9-10-22(20)31-24/h9-10,17,21,25H,3-8,11-16,18H2,1-2H3. The number of hydrogen-bond donors (Lipinski definition) is 1. The number of piperidine rings is 1. The van der Waals surface area contributed by atoms with E-state index >= 15 is 0 Å². The van der Waals surface area contributed by atoms with Crippen LogP contribution >= 0.6 is 0 Å². The van der Waals surface area contributed by atoms with Gasteiger partial charge in [0.05, 0.1) is 12.3 Å². The lowest BCUT2D eigenvalue weighted by molar-refractivity contribution is -0.132. The molecule has 1 atom stereocenters. The number of ether oxygens (including phenoxy) is 1. The van der Waals surface area contributed by atoms with Crippen molar-refractivity contribution in [3.63, 3.8) is 0 Å². The molecule has 1 spiro atoms. The summed E-state index contributed by atoms with van der Waals surface area (Å²) in [5, 5.41) is 0. The minimum Gasteiger partial charge on any atom is -0.487 e. The predicted molar refractivity (Wildman–Crippen MR) is 126 cm³/mol. The van der Waals surface area contributed by atoms with E-state index in [1.807, 2.05) is 17.0 Å². The molecule has 0 bridgehead atoms. The van der Waals surface area contributed by atoms with Crippen molar-refractivity contribution in [3.8, 4) is 5.75 Å². The molecule has 3 heterocycles. The first-order chi connectivity index (χ1) is 15.3. The largest absolute Gasteiger partial charge is 0.487 e. The Labute approximate surface area is 192 Å². The van der Waals surface area contributed by atoms with E-state index in [1.54, 1.807) is 6.07 Å². The fourth-order valence-electron chi connectivity index (χ4n) is 5.45. The van der Waals surface area contributed by atoms with Crippen LogP contribution in [-0.2, 0) is 14.8 Å². The molecule has 3 aliphatic heterocycles. The summed E-state index contributed by atoms with van der Waals surface area (Å²) in [5.74, 6) is 0.976. The van der Waals surface area contributed by atoms with E-state index in [4.69, 9.17) is 4.74 Å². The lowest BCUT2D eigenvalue weighted by Crippen LogP contribution is -2.52. The molecule has 0 aromatic heterocycles. The molecule has 3 aliphatic rings. The maximum Gasteiger partial charge on any atom is 0.229 e. The number of benzene rings is 1. The number of carbonyl (C=O) groups excluding carboxylic acids is 1. The summed E-state index contributed by atoms with van der Waals surface area (Å²) in [7, 11) is -3.37. The van der Waals surface area contributed by atoms with Crippen LogP contribution in [0.15, 0.2) is 18.2 Å². The Bertz CT molecular complexity index is 925. The van der Waals surface area contributed by atoms with Crippen molar-refractivity contribution in [2.24, 2.45) is 0 Å². The van der Waals surface area contributed by atoms with Gasteiger partial charge in [-0.2, -0.15) is 0 Å². The summed E-state index contributed by atoms with van der Waals surface area (Å²) in [6.45, 7) is 6.20. The van der Waals surface area contributed by atoms with Gasteiger partial charge in [-0.3, -0.25) is 9.52 Å². The van der Waals surface area contributed by atoms with Crippen molar-refractivity contribution in [1.29, 1.82) is 0 Å². The summed E-state index contributed by atoms with van der Waals surface area (Å²) >= 11 is 0. The molecule has 0 saturated carbocycles. The minimum absolute atomic E-state index is 0.0637. The van der Waals surface area contributed by atoms with Gasteiger partial charge < -0.3 is 14.5 Å². The van der Waals surface area contributed by atoms with E-state index in [2.05, 4.69) is 16.5 Å². The van der Waals surface area contributed by atoms with Gasteiger partial charge in [-0.15, -0.1) is 0 Å². The average molecular weight is 464 g/mol. The number of amides is 1. The summed E-state index contributed by atoms with van der Waals surface area (Å²) in [6, 6.07) is 5.41. The van der Waals surface area contributed by atoms with Crippen LogP contribution < -0.4 is 9.46 Å². The second-order valence-corrected chi connectivity index (χ2v) is 11.5. The number of nitrogens with one attached hydrogen (secondary N) is 1. The first-order valence-electron chi connectivity index (χ1n) is 12.1. The van der Waals surface area contributed by atoms with E-state index in [0.717, 1.165) is 69.4 Å². The van der Waals surface area contributed by atoms with Crippen molar-refractivity contribution in [1.82, 2.24) is 9.80 Å². The lowest BCUT2D eigenvalue weighted by Gasteiger charge is -2.48. The highest BCUT2D eigenvalue weighted by atomic mass is 32.2. The molecule has 0 aliphatic carbocycles. The highest BCUT2D eigenvalue weighted by molar-refractivity contribution is 7.92. The monoisotopic (exact) mass is 463 g/mol. The van der Waals surface area contributed by atoms with Gasteiger partial charge in [-0.1, -0.05) is 26.2 Å². The maximum atomic E-state index is 12.7. The molecule has 178 valence electrons. The van der Waals surface area contributed by atoms with Gasteiger partial charge in [0.15, 0.2) is 0 Å². The maximum absolute atomic E-state index is 12.7. The predicted octanol–water partition coefficient (Wildman–Crippen LogP) is 3.92. The van der Waals surface area contributed by atoms with E-state index < -0.39 is 10.0 Å². The molecule has 0 radical (unpaired) electrons. The van der Waals surface area contributed by atoms with Crippen molar-refractivity contribution in [2.75, 3.05) is 37.2 Å². The quantitative estimate of drug-likeness (QED) is 0.591. The minimum atomic E-state index is -3.37. The molecular weight excluding hydrogens is 426 g/mol. The Hall–Kier alpha value is -1.80. The highest BCUT2D eigenvalue weighted by Crippen LogP contribution is 2.48. The van der Waals surface area contributed by atoms with Gasteiger partial charge in [0, 0.05) is 43.7 Å². The number of likely N-dealkylation sites (tertiary alicyclic amines) is 2. The van der Waals surface area contributed by atoms with Gasteiger partial charge in [0.1, 0.15) is 11.4 Å². The number of nitrogens with zero attached hydrogens (tertiary/aromatic N) is 2. The number of rotatable bonds is 8. The molecular formula is C24H37N3O4S. The van der Waals surface area contributed by atoms with Crippen LogP contribution in [0.25, 0.3) is 0 Å². The van der Waals surface area contributed by atoms with Crippen LogP contribution in [0.2, 0.25) is 0 Å². The van der Waals surface area contributed by atoms with Crippen LogP contribution in [-0.4, -0.2) is 62.2 Å². The first-order valence-corrected chi connectivity index (χ1v) is 14.0. The zero-order valence-corrected chi connectivity index (χ0v) is 20.3. The van der Waals surface area contributed by atoms with Crippen LogP contribution in [0.5, 0.6) is 5.75 Å². The molecule has 2 saturated heterocycles. The molecule has 1 amide bonds. The summed E-state index contributed by atoms with van der Waals surface area (Å²) < 4.78 is 32.6. The molecule has 8 heteroatoms. The SMILES string of the molecule is CCCCCCN1CCC2(CC1)CC(N1CCCC1=O)c1cc(NS(C)(=O)=O)ccc1O2. The van der Waals surface area contributed by atoms with Gasteiger partial charge in [0.25, 0.3) is 0 Å². The van der Waals surface area contributed by atoms with Crippen molar-refractivity contribution < 1.29 is 17.9 Å². The van der Waals surface area contributed by atoms with E-state index in [-0.39, 0.29) is 17.6 Å². The molecule has 1 aromatic carbocycles. The number of unbranched alkanes of at least 4 members (excludes halogenated alkanes) is 3. The molecule has 7 nitrogen and oxygen atoms in total.